The lowest BCUT2D eigenvalue weighted by atomic mass is 10.4. The first kappa shape index (κ1) is 15.8. The minimum Gasteiger partial charge on any atom is -0.379 e. The van der Waals surface area contributed by atoms with Crippen LogP contribution in [0.4, 0.5) is 0 Å². The first-order valence-electron chi connectivity index (χ1n) is 6.26. The molecule has 0 aromatic carbocycles. The van der Waals surface area contributed by atoms with Gasteiger partial charge in [-0.05, 0) is 13.8 Å². The molecule has 0 radical (unpaired) electrons. The van der Waals surface area contributed by atoms with E-state index in [1.807, 2.05) is 13.8 Å². The fraction of sp³-hybridized carbons (Fsp3) is 1.00. The maximum absolute atomic E-state index is 5.45. The molecule has 4 nitrogen and oxygen atoms in total. The molecule has 0 atom stereocenters. The van der Waals surface area contributed by atoms with Gasteiger partial charge in [-0.25, -0.2) is 0 Å². The standard InChI is InChI=1S/C12H28N2O2/c1-11(2)14-7-9-15-8-5-13-6-10-16-12(3)4/h11-14H,5-10H2,1-4H3. The highest BCUT2D eigenvalue weighted by Gasteiger charge is 1.93. The molecule has 4 heteroatoms. The minimum absolute atomic E-state index is 0.320. The Hall–Kier alpha value is -0.160. The van der Waals surface area contributed by atoms with Crippen molar-refractivity contribution in [3.8, 4) is 0 Å². The Bertz CT molecular complexity index is 125. The van der Waals surface area contributed by atoms with Crippen LogP contribution in [0.15, 0.2) is 0 Å². The quantitative estimate of drug-likeness (QED) is 0.522. The van der Waals surface area contributed by atoms with Gasteiger partial charge in [-0.2, -0.15) is 0 Å². The average Bonchev–Trinajstić information content (AvgIpc) is 2.20. The van der Waals surface area contributed by atoms with Crippen molar-refractivity contribution < 1.29 is 9.47 Å². The molecule has 0 amide bonds. The van der Waals surface area contributed by atoms with Crippen molar-refractivity contribution in [1.29, 1.82) is 0 Å². The van der Waals surface area contributed by atoms with Crippen LogP contribution >= 0.6 is 0 Å². The van der Waals surface area contributed by atoms with E-state index in [2.05, 4.69) is 24.5 Å². The monoisotopic (exact) mass is 232 g/mol. The van der Waals surface area contributed by atoms with Crippen molar-refractivity contribution >= 4 is 0 Å². The predicted octanol–water partition coefficient (Wildman–Crippen LogP) is 1.02. The smallest absolute Gasteiger partial charge is 0.0594 e. The molecule has 0 rings (SSSR count). The summed E-state index contributed by atoms with van der Waals surface area (Å²) >= 11 is 0. The van der Waals surface area contributed by atoms with Crippen molar-refractivity contribution in [2.45, 2.75) is 39.8 Å². The van der Waals surface area contributed by atoms with E-state index in [1.165, 1.54) is 0 Å². The number of rotatable bonds is 11. The number of hydrogen-bond acceptors (Lipinski definition) is 4. The van der Waals surface area contributed by atoms with E-state index in [0.29, 0.717) is 12.1 Å². The molecule has 0 aromatic rings. The molecule has 0 aliphatic rings. The van der Waals surface area contributed by atoms with Gasteiger partial charge in [0.05, 0.1) is 25.9 Å². The van der Waals surface area contributed by atoms with Crippen LogP contribution in [0, 0.1) is 0 Å². The van der Waals surface area contributed by atoms with Crippen molar-refractivity contribution in [2.24, 2.45) is 0 Å². The summed E-state index contributed by atoms with van der Waals surface area (Å²) in [5, 5.41) is 6.57. The molecule has 0 saturated carbocycles. The van der Waals surface area contributed by atoms with Crippen LogP contribution in [0.25, 0.3) is 0 Å². The molecule has 0 aliphatic heterocycles. The lowest BCUT2D eigenvalue weighted by Crippen LogP contribution is -2.29. The van der Waals surface area contributed by atoms with E-state index in [4.69, 9.17) is 9.47 Å². The van der Waals surface area contributed by atoms with E-state index in [-0.39, 0.29) is 0 Å². The lowest BCUT2D eigenvalue weighted by Gasteiger charge is -2.10. The first-order valence-corrected chi connectivity index (χ1v) is 6.26. The van der Waals surface area contributed by atoms with Crippen LogP contribution in [-0.2, 0) is 9.47 Å². The summed E-state index contributed by atoms with van der Waals surface area (Å²) in [5.74, 6) is 0. The summed E-state index contributed by atoms with van der Waals surface area (Å²) in [5.41, 5.74) is 0. The second-order valence-corrected chi connectivity index (χ2v) is 4.39. The molecular weight excluding hydrogens is 204 g/mol. The summed E-state index contributed by atoms with van der Waals surface area (Å²) in [6.45, 7) is 13.4. The number of ether oxygens (including phenoxy) is 2. The van der Waals surface area contributed by atoms with Crippen LogP contribution in [-0.4, -0.2) is 51.6 Å². The van der Waals surface area contributed by atoms with Crippen LogP contribution in [0.1, 0.15) is 27.7 Å². The molecular formula is C12H28N2O2. The largest absolute Gasteiger partial charge is 0.379 e. The van der Waals surface area contributed by atoms with Crippen molar-refractivity contribution in [3.63, 3.8) is 0 Å². The molecule has 98 valence electrons. The third-order valence-electron chi connectivity index (χ3n) is 1.95. The van der Waals surface area contributed by atoms with Crippen molar-refractivity contribution in [2.75, 3.05) is 39.5 Å². The maximum Gasteiger partial charge on any atom is 0.0594 e. The molecule has 0 fully saturated rings. The Balaban J connectivity index is 2.93. The third-order valence-corrected chi connectivity index (χ3v) is 1.95. The molecule has 0 unspecified atom stereocenters. The van der Waals surface area contributed by atoms with E-state index in [1.54, 1.807) is 0 Å². The Labute approximate surface area is 100 Å². The Kier molecular flexibility index (Phi) is 11.2. The van der Waals surface area contributed by atoms with Crippen LogP contribution in [0.2, 0.25) is 0 Å². The summed E-state index contributed by atoms with van der Waals surface area (Å²) in [7, 11) is 0. The van der Waals surface area contributed by atoms with Gasteiger partial charge in [0, 0.05) is 25.7 Å². The zero-order valence-electron chi connectivity index (χ0n) is 11.2. The molecule has 0 aromatic heterocycles. The molecule has 0 heterocycles. The molecule has 0 aliphatic carbocycles. The average molecular weight is 232 g/mol. The SMILES string of the molecule is CC(C)NCCOCCNCCOC(C)C. The summed E-state index contributed by atoms with van der Waals surface area (Å²) in [6, 6.07) is 0.537. The van der Waals surface area contributed by atoms with Gasteiger partial charge < -0.3 is 20.1 Å². The van der Waals surface area contributed by atoms with Gasteiger partial charge in [-0.3, -0.25) is 0 Å². The maximum atomic E-state index is 5.45. The highest BCUT2D eigenvalue weighted by molar-refractivity contribution is 4.51. The molecule has 0 bridgehead atoms. The highest BCUT2D eigenvalue weighted by Crippen LogP contribution is 1.84. The first-order chi connectivity index (χ1) is 7.63. The molecule has 0 saturated heterocycles. The van der Waals surface area contributed by atoms with Gasteiger partial charge in [-0.15, -0.1) is 0 Å². The summed E-state index contributed by atoms with van der Waals surface area (Å²) < 4.78 is 10.8. The normalized spacial score (nSPS) is 11.6. The van der Waals surface area contributed by atoms with Gasteiger partial charge in [-0.1, -0.05) is 13.8 Å². The van der Waals surface area contributed by atoms with Crippen LogP contribution in [0.5, 0.6) is 0 Å². The molecule has 0 spiro atoms. The van der Waals surface area contributed by atoms with Crippen molar-refractivity contribution in [3.05, 3.63) is 0 Å². The molecule has 2 N–H and O–H groups in total. The van der Waals surface area contributed by atoms with E-state index < -0.39 is 0 Å². The Morgan fingerprint density at radius 2 is 1.50 bits per heavy atom. The zero-order chi connectivity index (χ0) is 12.2. The zero-order valence-corrected chi connectivity index (χ0v) is 11.2. The van der Waals surface area contributed by atoms with Crippen LogP contribution in [0.3, 0.4) is 0 Å². The molecule has 16 heavy (non-hydrogen) atoms. The minimum atomic E-state index is 0.320. The topological polar surface area (TPSA) is 42.5 Å². The van der Waals surface area contributed by atoms with Gasteiger partial charge in [0.1, 0.15) is 0 Å². The van der Waals surface area contributed by atoms with Crippen LogP contribution < -0.4 is 10.6 Å². The predicted molar refractivity (Wildman–Crippen MR) is 67.9 cm³/mol. The van der Waals surface area contributed by atoms with E-state index >= 15 is 0 Å². The summed E-state index contributed by atoms with van der Waals surface area (Å²) in [6.07, 6.45) is 0.320. The van der Waals surface area contributed by atoms with Gasteiger partial charge in [0.15, 0.2) is 0 Å². The lowest BCUT2D eigenvalue weighted by molar-refractivity contribution is 0.0783. The number of nitrogens with one attached hydrogen (secondary N) is 2. The van der Waals surface area contributed by atoms with Crippen molar-refractivity contribution in [1.82, 2.24) is 10.6 Å². The van der Waals surface area contributed by atoms with E-state index in [0.717, 1.165) is 39.5 Å². The Morgan fingerprint density at radius 3 is 2.12 bits per heavy atom. The fourth-order valence-electron chi connectivity index (χ4n) is 1.16. The second kappa shape index (κ2) is 11.3. The number of hydrogen-bond donors (Lipinski definition) is 2. The van der Waals surface area contributed by atoms with Gasteiger partial charge >= 0.3 is 0 Å². The van der Waals surface area contributed by atoms with Gasteiger partial charge in [0.2, 0.25) is 0 Å². The fourth-order valence-corrected chi connectivity index (χ4v) is 1.16. The van der Waals surface area contributed by atoms with Gasteiger partial charge in [0.25, 0.3) is 0 Å². The second-order valence-electron chi connectivity index (χ2n) is 4.39. The Morgan fingerprint density at radius 1 is 0.875 bits per heavy atom. The summed E-state index contributed by atoms with van der Waals surface area (Å²) in [4.78, 5) is 0. The van der Waals surface area contributed by atoms with E-state index in [9.17, 15) is 0 Å². The highest BCUT2D eigenvalue weighted by atomic mass is 16.5. The third kappa shape index (κ3) is 13.8.